The van der Waals surface area contributed by atoms with Gasteiger partial charge < -0.3 is 11.1 Å². The molecule has 0 radical (unpaired) electrons. The molecular weight excluding hydrogens is 282 g/mol. The topological polar surface area (TPSA) is 41.3 Å². The predicted molar refractivity (Wildman–Crippen MR) is 95.2 cm³/mol. The average Bonchev–Trinajstić information content (AvgIpc) is 2.84. The van der Waals surface area contributed by atoms with E-state index in [9.17, 15) is 0 Å². The molecule has 2 bridgehead atoms. The molecule has 4 unspecified atom stereocenters. The quantitative estimate of drug-likeness (QED) is 0.898. The minimum Gasteiger partial charge on any atom is -0.326 e. The summed E-state index contributed by atoms with van der Waals surface area (Å²) < 4.78 is 0. The van der Waals surface area contributed by atoms with Crippen LogP contribution >= 0.6 is 0 Å². The van der Waals surface area contributed by atoms with Gasteiger partial charge in [0.2, 0.25) is 0 Å². The fraction of sp³-hybridized carbons (Fsp3) is 0.700. The molecule has 126 valence electrons. The molecule has 0 aromatic heterocycles. The zero-order chi connectivity index (χ0) is 15.6. The summed E-state index contributed by atoms with van der Waals surface area (Å²) in [6.07, 6.45) is 10.6. The zero-order valence-electron chi connectivity index (χ0n) is 14.2. The standard InChI is InChI=1S/C20H31N3/c21-17-8-4-5-9-18(17)22-19-12-10-16-11-13-20(19)23(16)14-15-6-2-1-3-7-15/h1-3,6-7,16-20,22H,4-5,8-14,21H2/t16-,17?,18?,19?,20?/m0/s1. The molecule has 1 aromatic carbocycles. The molecule has 1 aliphatic carbocycles. The Morgan fingerprint density at radius 3 is 2.52 bits per heavy atom. The Kier molecular flexibility index (Phi) is 4.70. The van der Waals surface area contributed by atoms with Gasteiger partial charge >= 0.3 is 0 Å². The van der Waals surface area contributed by atoms with Crippen LogP contribution in [0.5, 0.6) is 0 Å². The molecule has 1 saturated carbocycles. The van der Waals surface area contributed by atoms with Gasteiger partial charge in [0.1, 0.15) is 0 Å². The highest BCUT2D eigenvalue weighted by molar-refractivity contribution is 5.16. The summed E-state index contributed by atoms with van der Waals surface area (Å²) in [6, 6.07) is 14.1. The summed E-state index contributed by atoms with van der Waals surface area (Å²) in [5, 5.41) is 3.98. The average molecular weight is 313 g/mol. The SMILES string of the molecule is NC1CCCCC1NC1CC[C@H]2CCC1N2Cc1ccccc1. The van der Waals surface area contributed by atoms with E-state index < -0.39 is 0 Å². The van der Waals surface area contributed by atoms with Gasteiger partial charge in [-0.15, -0.1) is 0 Å². The van der Waals surface area contributed by atoms with Crippen LogP contribution in [0.1, 0.15) is 56.9 Å². The van der Waals surface area contributed by atoms with Crippen molar-refractivity contribution < 1.29 is 0 Å². The van der Waals surface area contributed by atoms with E-state index in [-0.39, 0.29) is 0 Å². The van der Waals surface area contributed by atoms with Crippen molar-refractivity contribution in [1.82, 2.24) is 10.2 Å². The molecular formula is C20H31N3. The Labute approximate surface area is 140 Å². The van der Waals surface area contributed by atoms with Gasteiger partial charge in [0, 0.05) is 36.8 Å². The van der Waals surface area contributed by atoms with Gasteiger partial charge in [-0.05, 0) is 44.1 Å². The highest BCUT2D eigenvalue weighted by Gasteiger charge is 2.43. The molecule has 3 heteroatoms. The first kappa shape index (κ1) is 15.6. The Hall–Kier alpha value is -0.900. The summed E-state index contributed by atoms with van der Waals surface area (Å²) in [5.74, 6) is 0. The van der Waals surface area contributed by atoms with E-state index in [0.717, 1.165) is 12.6 Å². The van der Waals surface area contributed by atoms with E-state index in [1.54, 1.807) is 0 Å². The van der Waals surface area contributed by atoms with Crippen LogP contribution < -0.4 is 11.1 Å². The van der Waals surface area contributed by atoms with Gasteiger partial charge in [-0.25, -0.2) is 0 Å². The Morgan fingerprint density at radius 2 is 1.70 bits per heavy atom. The second-order valence-electron chi connectivity index (χ2n) is 7.86. The van der Waals surface area contributed by atoms with E-state index in [2.05, 4.69) is 40.5 Å². The van der Waals surface area contributed by atoms with Crippen molar-refractivity contribution in [3.63, 3.8) is 0 Å². The number of nitrogens with two attached hydrogens (primary N) is 1. The maximum atomic E-state index is 6.38. The number of hydrogen-bond donors (Lipinski definition) is 2. The number of nitrogens with one attached hydrogen (secondary N) is 1. The van der Waals surface area contributed by atoms with Gasteiger partial charge in [-0.3, -0.25) is 4.90 Å². The monoisotopic (exact) mass is 313 g/mol. The van der Waals surface area contributed by atoms with E-state index in [1.165, 1.54) is 56.9 Å². The van der Waals surface area contributed by atoms with Crippen molar-refractivity contribution in [2.75, 3.05) is 0 Å². The lowest BCUT2D eigenvalue weighted by Crippen LogP contribution is -2.58. The van der Waals surface area contributed by atoms with Gasteiger partial charge in [0.05, 0.1) is 0 Å². The number of benzene rings is 1. The molecule has 5 atom stereocenters. The molecule has 2 saturated heterocycles. The number of fused-ring (bicyclic) bond motifs is 2. The summed E-state index contributed by atoms with van der Waals surface area (Å²) in [6.45, 7) is 1.12. The van der Waals surface area contributed by atoms with Gasteiger partial charge in [0.15, 0.2) is 0 Å². The smallest absolute Gasteiger partial charge is 0.0256 e. The molecule has 0 spiro atoms. The Bertz CT molecular complexity index is 503. The van der Waals surface area contributed by atoms with E-state index in [0.29, 0.717) is 24.2 Å². The molecule has 0 amide bonds. The van der Waals surface area contributed by atoms with Gasteiger partial charge in [-0.2, -0.15) is 0 Å². The third-order valence-electron chi connectivity index (χ3n) is 6.42. The van der Waals surface area contributed by atoms with Crippen molar-refractivity contribution >= 4 is 0 Å². The molecule has 2 aliphatic heterocycles. The Balaban J connectivity index is 1.43. The third-order valence-corrected chi connectivity index (χ3v) is 6.42. The summed E-state index contributed by atoms with van der Waals surface area (Å²) in [7, 11) is 0. The number of piperidine rings is 1. The normalized spacial score (nSPS) is 37.9. The van der Waals surface area contributed by atoms with Crippen LogP contribution in [-0.2, 0) is 6.54 Å². The molecule has 23 heavy (non-hydrogen) atoms. The number of nitrogens with zero attached hydrogens (tertiary/aromatic N) is 1. The first-order chi connectivity index (χ1) is 11.3. The number of rotatable bonds is 4. The van der Waals surface area contributed by atoms with E-state index in [1.807, 2.05) is 0 Å². The maximum Gasteiger partial charge on any atom is 0.0256 e. The molecule has 2 heterocycles. The molecule has 3 N–H and O–H groups in total. The van der Waals surface area contributed by atoms with Crippen LogP contribution in [0.3, 0.4) is 0 Å². The predicted octanol–water partition coefficient (Wildman–Crippen LogP) is 3.04. The minimum absolute atomic E-state index is 0.366. The first-order valence-corrected chi connectivity index (χ1v) is 9.62. The van der Waals surface area contributed by atoms with Crippen molar-refractivity contribution in [3.8, 4) is 0 Å². The lowest BCUT2D eigenvalue weighted by molar-refractivity contribution is 0.0905. The van der Waals surface area contributed by atoms with Crippen LogP contribution in [-0.4, -0.2) is 35.1 Å². The summed E-state index contributed by atoms with van der Waals surface area (Å²) in [4.78, 5) is 2.78. The third kappa shape index (κ3) is 3.33. The summed E-state index contributed by atoms with van der Waals surface area (Å²) in [5.41, 5.74) is 7.83. The molecule has 4 rings (SSSR count). The van der Waals surface area contributed by atoms with Crippen LogP contribution in [0.15, 0.2) is 30.3 Å². The van der Waals surface area contributed by atoms with Crippen molar-refractivity contribution in [2.24, 2.45) is 5.73 Å². The second-order valence-corrected chi connectivity index (χ2v) is 7.86. The molecule has 3 fully saturated rings. The minimum atomic E-state index is 0.366. The summed E-state index contributed by atoms with van der Waals surface area (Å²) >= 11 is 0. The largest absolute Gasteiger partial charge is 0.326 e. The van der Waals surface area contributed by atoms with Crippen molar-refractivity contribution in [3.05, 3.63) is 35.9 Å². The highest BCUT2D eigenvalue weighted by atomic mass is 15.3. The van der Waals surface area contributed by atoms with Crippen molar-refractivity contribution in [2.45, 2.75) is 88.1 Å². The fourth-order valence-electron chi connectivity index (χ4n) is 5.15. The lowest BCUT2D eigenvalue weighted by Gasteiger charge is -2.43. The lowest BCUT2D eigenvalue weighted by atomic mass is 9.88. The van der Waals surface area contributed by atoms with Crippen LogP contribution in [0.2, 0.25) is 0 Å². The fourth-order valence-corrected chi connectivity index (χ4v) is 5.15. The second kappa shape index (κ2) is 6.92. The zero-order valence-corrected chi connectivity index (χ0v) is 14.2. The van der Waals surface area contributed by atoms with Gasteiger partial charge in [-0.1, -0.05) is 43.2 Å². The number of hydrogen-bond acceptors (Lipinski definition) is 3. The van der Waals surface area contributed by atoms with E-state index >= 15 is 0 Å². The van der Waals surface area contributed by atoms with E-state index in [4.69, 9.17) is 5.73 Å². The van der Waals surface area contributed by atoms with Crippen molar-refractivity contribution in [1.29, 1.82) is 0 Å². The molecule has 3 nitrogen and oxygen atoms in total. The molecule has 3 aliphatic rings. The Morgan fingerprint density at radius 1 is 0.913 bits per heavy atom. The van der Waals surface area contributed by atoms with Crippen LogP contribution in [0.4, 0.5) is 0 Å². The van der Waals surface area contributed by atoms with Crippen LogP contribution in [0.25, 0.3) is 0 Å². The van der Waals surface area contributed by atoms with Crippen LogP contribution in [0, 0.1) is 0 Å². The van der Waals surface area contributed by atoms with Gasteiger partial charge in [0.25, 0.3) is 0 Å². The molecule has 1 aromatic rings. The first-order valence-electron chi connectivity index (χ1n) is 9.62. The maximum absolute atomic E-state index is 6.38. The highest BCUT2D eigenvalue weighted by Crippen LogP contribution is 2.37.